The number of carbonyl (C=O) groups excluding carboxylic acids is 1. The molecule has 0 aliphatic carbocycles. The molecule has 1 atom stereocenters. The molecule has 1 N–H and O–H groups in total. The number of rotatable bonds is 10. The highest BCUT2D eigenvalue weighted by atomic mass is 32.2. The standard InChI is InChI=1S/C27H32N2O4S/c1-5-33-25-17-13-23(14-18-25)21(4)28-27(30)19-29(24-15-11-22(12-16-24)20(2)3)34(31,32)26-9-7-6-8-10-26/h6-18,20-21H,5,19H2,1-4H3,(H,28,30). The van der Waals surface area contributed by atoms with Crippen LogP contribution in [-0.2, 0) is 14.8 Å². The van der Waals surface area contributed by atoms with Gasteiger partial charge in [-0.15, -0.1) is 0 Å². The van der Waals surface area contributed by atoms with Crippen molar-refractivity contribution in [1.82, 2.24) is 5.32 Å². The van der Waals surface area contributed by atoms with E-state index in [2.05, 4.69) is 19.2 Å². The summed E-state index contributed by atoms with van der Waals surface area (Å²) in [7, 11) is -3.94. The first-order valence-corrected chi connectivity index (χ1v) is 12.9. The van der Waals surface area contributed by atoms with Gasteiger partial charge in [0.2, 0.25) is 5.91 Å². The van der Waals surface area contributed by atoms with Crippen LogP contribution in [0.5, 0.6) is 5.75 Å². The van der Waals surface area contributed by atoms with Crippen LogP contribution < -0.4 is 14.4 Å². The van der Waals surface area contributed by atoms with Crippen molar-refractivity contribution >= 4 is 21.6 Å². The zero-order valence-electron chi connectivity index (χ0n) is 20.1. The van der Waals surface area contributed by atoms with Crippen LogP contribution in [0, 0.1) is 0 Å². The summed E-state index contributed by atoms with van der Waals surface area (Å²) >= 11 is 0. The number of hydrogen-bond donors (Lipinski definition) is 1. The molecule has 0 aromatic heterocycles. The molecule has 1 unspecified atom stereocenters. The zero-order valence-corrected chi connectivity index (χ0v) is 20.9. The van der Waals surface area contributed by atoms with E-state index in [1.54, 1.807) is 30.3 Å². The molecule has 1 amide bonds. The minimum atomic E-state index is -3.94. The largest absolute Gasteiger partial charge is 0.494 e. The van der Waals surface area contributed by atoms with Crippen LogP contribution in [0.4, 0.5) is 5.69 Å². The Morgan fingerprint density at radius 3 is 2.03 bits per heavy atom. The minimum absolute atomic E-state index is 0.135. The number of sulfonamides is 1. The molecule has 3 aromatic rings. The lowest BCUT2D eigenvalue weighted by Gasteiger charge is -2.25. The highest BCUT2D eigenvalue weighted by Crippen LogP contribution is 2.26. The molecule has 7 heteroatoms. The average Bonchev–Trinajstić information content (AvgIpc) is 2.83. The third-order valence-corrected chi connectivity index (χ3v) is 7.32. The summed E-state index contributed by atoms with van der Waals surface area (Å²) in [4.78, 5) is 13.1. The van der Waals surface area contributed by atoms with Crippen molar-refractivity contribution in [3.8, 4) is 5.75 Å². The van der Waals surface area contributed by atoms with Crippen LogP contribution in [-0.4, -0.2) is 27.5 Å². The van der Waals surface area contributed by atoms with E-state index in [4.69, 9.17) is 4.74 Å². The molecule has 0 bridgehead atoms. The second kappa shape index (κ2) is 11.2. The molecular formula is C27H32N2O4S. The van der Waals surface area contributed by atoms with Crippen LogP contribution in [0.15, 0.2) is 83.8 Å². The van der Waals surface area contributed by atoms with Gasteiger partial charge in [0, 0.05) is 0 Å². The highest BCUT2D eigenvalue weighted by Gasteiger charge is 2.27. The molecule has 0 aliphatic heterocycles. The second-order valence-electron chi connectivity index (χ2n) is 8.36. The smallest absolute Gasteiger partial charge is 0.264 e. The van der Waals surface area contributed by atoms with Crippen molar-refractivity contribution in [2.75, 3.05) is 17.5 Å². The summed E-state index contributed by atoms with van der Waals surface area (Å²) in [5, 5.41) is 2.92. The van der Waals surface area contributed by atoms with Crippen LogP contribution in [0.2, 0.25) is 0 Å². The molecule has 0 saturated carbocycles. The first kappa shape index (κ1) is 25.3. The highest BCUT2D eigenvalue weighted by molar-refractivity contribution is 7.92. The third-order valence-electron chi connectivity index (χ3n) is 5.53. The number of anilines is 1. The van der Waals surface area contributed by atoms with Gasteiger partial charge in [0.15, 0.2) is 0 Å². The van der Waals surface area contributed by atoms with E-state index in [0.29, 0.717) is 18.2 Å². The molecule has 0 aliphatic rings. The normalized spacial score (nSPS) is 12.3. The molecule has 0 fully saturated rings. The van der Waals surface area contributed by atoms with E-state index < -0.39 is 15.9 Å². The summed E-state index contributed by atoms with van der Waals surface area (Å²) in [6.07, 6.45) is 0. The lowest BCUT2D eigenvalue weighted by molar-refractivity contribution is -0.120. The Balaban J connectivity index is 1.84. The predicted octanol–water partition coefficient (Wildman–Crippen LogP) is 5.28. The second-order valence-corrected chi connectivity index (χ2v) is 10.2. The van der Waals surface area contributed by atoms with Crippen molar-refractivity contribution in [2.45, 2.75) is 44.6 Å². The molecule has 180 valence electrons. The number of hydrogen-bond acceptors (Lipinski definition) is 4. The molecule has 0 spiro atoms. The molecule has 3 rings (SSSR count). The zero-order chi connectivity index (χ0) is 24.7. The molecule has 6 nitrogen and oxygen atoms in total. The third kappa shape index (κ3) is 6.17. The first-order valence-electron chi connectivity index (χ1n) is 11.4. The van der Waals surface area contributed by atoms with Gasteiger partial charge in [-0.1, -0.05) is 56.3 Å². The Morgan fingerprint density at radius 2 is 1.47 bits per heavy atom. The van der Waals surface area contributed by atoms with E-state index in [1.165, 1.54) is 12.1 Å². The maximum atomic E-state index is 13.5. The number of amides is 1. The number of nitrogens with zero attached hydrogens (tertiary/aromatic N) is 1. The summed E-state index contributed by atoms with van der Waals surface area (Å²) in [5.74, 6) is 0.676. The van der Waals surface area contributed by atoms with Crippen molar-refractivity contribution in [2.24, 2.45) is 0 Å². The average molecular weight is 481 g/mol. The maximum Gasteiger partial charge on any atom is 0.264 e. The minimum Gasteiger partial charge on any atom is -0.494 e. The molecule has 34 heavy (non-hydrogen) atoms. The van der Waals surface area contributed by atoms with E-state index in [9.17, 15) is 13.2 Å². The molecule has 0 radical (unpaired) electrons. The van der Waals surface area contributed by atoms with Crippen LogP contribution >= 0.6 is 0 Å². The molecular weight excluding hydrogens is 448 g/mol. The lowest BCUT2D eigenvalue weighted by atomic mass is 10.0. The Hall–Kier alpha value is -3.32. The summed E-state index contributed by atoms with van der Waals surface area (Å²) in [6.45, 7) is 8.17. The lowest BCUT2D eigenvalue weighted by Crippen LogP contribution is -2.41. The first-order chi connectivity index (χ1) is 16.2. The van der Waals surface area contributed by atoms with Crippen molar-refractivity contribution in [3.05, 3.63) is 90.0 Å². The van der Waals surface area contributed by atoms with E-state index in [-0.39, 0.29) is 17.5 Å². The molecule has 3 aromatic carbocycles. The van der Waals surface area contributed by atoms with Gasteiger partial charge in [0.05, 0.1) is 23.2 Å². The monoisotopic (exact) mass is 480 g/mol. The maximum absolute atomic E-state index is 13.5. The number of nitrogens with one attached hydrogen (secondary N) is 1. The Morgan fingerprint density at radius 1 is 0.882 bits per heavy atom. The Labute approximate surface area is 202 Å². The van der Waals surface area contributed by atoms with Gasteiger partial charge in [0.1, 0.15) is 12.3 Å². The summed E-state index contributed by atoms with van der Waals surface area (Å²) < 4.78 is 33.6. The van der Waals surface area contributed by atoms with Gasteiger partial charge < -0.3 is 10.1 Å². The summed E-state index contributed by atoms with van der Waals surface area (Å²) in [6, 6.07) is 22.6. The molecule has 0 heterocycles. The van der Waals surface area contributed by atoms with E-state index >= 15 is 0 Å². The van der Waals surface area contributed by atoms with E-state index in [1.807, 2.05) is 50.2 Å². The van der Waals surface area contributed by atoms with Gasteiger partial charge in [-0.25, -0.2) is 8.42 Å². The van der Waals surface area contributed by atoms with Crippen LogP contribution in [0.25, 0.3) is 0 Å². The van der Waals surface area contributed by atoms with Gasteiger partial charge in [0.25, 0.3) is 10.0 Å². The van der Waals surface area contributed by atoms with Crippen molar-refractivity contribution < 1.29 is 17.9 Å². The van der Waals surface area contributed by atoms with Crippen LogP contribution in [0.1, 0.15) is 50.8 Å². The predicted molar refractivity (Wildman–Crippen MR) is 136 cm³/mol. The Bertz CT molecular complexity index is 1180. The Kier molecular flexibility index (Phi) is 8.34. The van der Waals surface area contributed by atoms with Crippen LogP contribution in [0.3, 0.4) is 0 Å². The van der Waals surface area contributed by atoms with Gasteiger partial charge in [-0.05, 0) is 67.3 Å². The van der Waals surface area contributed by atoms with E-state index in [0.717, 1.165) is 21.2 Å². The number of ether oxygens (including phenoxy) is 1. The fourth-order valence-corrected chi connectivity index (χ4v) is 5.02. The number of carbonyl (C=O) groups is 1. The number of benzene rings is 3. The van der Waals surface area contributed by atoms with Gasteiger partial charge >= 0.3 is 0 Å². The SMILES string of the molecule is CCOc1ccc(C(C)NC(=O)CN(c2ccc(C(C)C)cc2)S(=O)(=O)c2ccccc2)cc1. The van der Waals surface area contributed by atoms with Crippen molar-refractivity contribution in [1.29, 1.82) is 0 Å². The summed E-state index contributed by atoms with van der Waals surface area (Å²) in [5.41, 5.74) is 2.43. The topological polar surface area (TPSA) is 75.7 Å². The molecule has 0 saturated heterocycles. The van der Waals surface area contributed by atoms with Crippen molar-refractivity contribution in [3.63, 3.8) is 0 Å². The van der Waals surface area contributed by atoms with Gasteiger partial charge in [-0.3, -0.25) is 9.10 Å². The van der Waals surface area contributed by atoms with Gasteiger partial charge in [-0.2, -0.15) is 0 Å². The quantitative estimate of drug-likeness (QED) is 0.428. The fourth-order valence-electron chi connectivity index (χ4n) is 3.58. The fraction of sp³-hybridized carbons (Fsp3) is 0.296.